The number of carbonyl (C=O) groups excluding carboxylic acids is 1. The summed E-state index contributed by atoms with van der Waals surface area (Å²) >= 11 is 0. The zero-order valence-electron chi connectivity index (χ0n) is 12.4. The standard InChI is InChI=1S/C15H21F3N2O/c1-10(2)8-20-14(21)11(3)19-9-12-5-4-6-13(7-12)15(16,17)18/h4-7,10-11,19H,8-9H2,1-3H3,(H,20,21). The number of nitrogens with one attached hydrogen (secondary N) is 2. The van der Waals surface area contributed by atoms with E-state index in [-0.39, 0.29) is 12.5 Å². The summed E-state index contributed by atoms with van der Waals surface area (Å²) < 4.78 is 37.8. The zero-order chi connectivity index (χ0) is 16.0. The highest BCUT2D eigenvalue weighted by molar-refractivity contribution is 5.81. The quantitative estimate of drug-likeness (QED) is 0.848. The number of rotatable bonds is 6. The van der Waals surface area contributed by atoms with Gasteiger partial charge in [-0.25, -0.2) is 0 Å². The van der Waals surface area contributed by atoms with E-state index >= 15 is 0 Å². The minimum Gasteiger partial charge on any atom is -0.354 e. The Morgan fingerprint density at radius 2 is 1.90 bits per heavy atom. The Labute approximate surface area is 122 Å². The van der Waals surface area contributed by atoms with E-state index in [9.17, 15) is 18.0 Å². The molecule has 0 fully saturated rings. The summed E-state index contributed by atoms with van der Waals surface area (Å²) in [6, 6.07) is 4.62. The van der Waals surface area contributed by atoms with Crippen molar-refractivity contribution in [2.45, 2.75) is 39.5 Å². The second-order valence-electron chi connectivity index (χ2n) is 5.44. The van der Waals surface area contributed by atoms with Gasteiger partial charge in [0.25, 0.3) is 0 Å². The largest absolute Gasteiger partial charge is 0.416 e. The highest BCUT2D eigenvalue weighted by Gasteiger charge is 2.30. The summed E-state index contributed by atoms with van der Waals surface area (Å²) in [6.45, 7) is 6.44. The Morgan fingerprint density at radius 1 is 1.24 bits per heavy atom. The molecule has 0 spiro atoms. The van der Waals surface area contributed by atoms with Crippen LogP contribution >= 0.6 is 0 Å². The molecule has 1 amide bonds. The normalized spacial score (nSPS) is 13.3. The molecular weight excluding hydrogens is 281 g/mol. The molecule has 0 aliphatic heterocycles. The van der Waals surface area contributed by atoms with Gasteiger partial charge in [0.2, 0.25) is 5.91 Å². The molecule has 0 aliphatic rings. The van der Waals surface area contributed by atoms with Crippen LogP contribution in [0.15, 0.2) is 24.3 Å². The lowest BCUT2D eigenvalue weighted by Crippen LogP contribution is -2.42. The first-order valence-electron chi connectivity index (χ1n) is 6.87. The van der Waals surface area contributed by atoms with E-state index in [1.54, 1.807) is 13.0 Å². The van der Waals surface area contributed by atoms with Gasteiger partial charge in [0.05, 0.1) is 11.6 Å². The maximum absolute atomic E-state index is 12.6. The molecule has 0 saturated carbocycles. The van der Waals surface area contributed by atoms with Crippen LogP contribution in [0.25, 0.3) is 0 Å². The third-order valence-electron chi connectivity index (χ3n) is 2.94. The molecule has 118 valence electrons. The van der Waals surface area contributed by atoms with Crippen LogP contribution in [0.4, 0.5) is 13.2 Å². The topological polar surface area (TPSA) is 41.1 Å². The van der Waals surface area contributed by atoms with Crippen molar-refractivity contribution in [1.29, 1.82) is 0 Å². The average Bonchev–Trinajstić information content (AvgIpc) is 2.41. The number of carbonyl (C=O) groups is 1. The third kappa shape index (κ3) is 6.16. The molecule has 0 radical (unpaired) electrons. The summed E-state index contributed by atoms with van der Waals surface area (Å²) in [5.74, 6) is 0.195. The van der Waals surface area contributed by atoms with Crippen molar-refractivity contribution in [3.63, 3.8) is 0 Å². The van der Waals surface area contributed by atoms with Crippen LogP contribution in [0.5, 0.6) is 0 Å². The van der Waals surface area contributed by atoms with E-state index in [2.05, 4.69) is 10.6 Å². The monoisotopic (exact) mass is 302 g/mol. The predicted octanol–water partition coefficient (Wildman–Crippen LogP) is 2.96. The number of benzene rings is 1. The van der Waals surface area contributed by atoms with Gasteiger partial charge < -0.3 is 10.6 Å². The first kappa shape index (κ1) is 17.5. The highest BCUT2D eigenvalue weighted by Crippen LogP contribution is 2.29. The van der Waals surface area contributed by atoms with E-state index in [1.165, 1.54) is 6.07 Å². The molecule has 0 aromatic heterocycles. The Bertz CT molecular complexity index is 472. The van der Waals surface area contributed by atoms with E-state index < -0.39 is 17.8 Å². The van der Waals surface area contributed by atoms with Crippen molar-refractivity contribution in [2.24, 2.45) is 5.92 Å². The molecule has 0 aliphatic carbocycles. The fraction of sp³-hybridized carbons (Fsp3) is 0.533. The molecule has 1 aromatic rings. The van der Waals surface area contributed by atoms with Crippen LogP contribution in [0.2, 0.25) is 0 Å². The van der Waals surface area contributed by atoms with Gasteiger partial charge in [-0.15, -0.1) is 0 Å². The summed E-state index contributed by atoms with van der Waals surface area (Å²) in [5, 5.41) is 5.69. The van der Waals surface area contributed by atoms with Gasteiger partial charge in [0, 0.05) is 13.1 Å². The number of amides is 1. The highest BCUT2D eigenvalue weighted by atomic mass is 19.4. The van der Waals surface area contributed by atoms with Crippen LogP contribution in [0.3, 0.4) is 0 Å². The molecule has 1 rings (SSSR count). The summed E-state index contributed by atoms with van der Waals surface area (Å²) in [4.78, 5) is 11.7. The van der Waals surface area contributed by atoms with Gasteiger partial charge in [-0.05, 0) is 24.5 Å². The number of halogens is 3. The van der Waals surface area contributed by atoms with Crippen molar-refractivity contribution in [2.75, 3.05) is 6.54 Å². The van der Waals surface area contributed by atoms with E-state index in [0.717, 1.165) is 12.1 Å². The summed E-state index contributed by atoms with van der Waals surface area (Å²) in [7, 11) is 0. The summed E-state index contributed by atoms with van der Waals surface area (Å²) in [6.07, 6.45) is -4.35. The zero-order valence-corrected chi connectivity index (χ0v) is 12.4. The van der Waals surface area contributed by atoms with Gasteiger partial charge in [0.1, 0.15) is 0 Å². The molecule has 2 N–H and O–H groups in total. The first-order chi connectivity index (χ1) is 9.70. The molecule has 1 unspecified atom stereocenters. The van der Waals surface area contributed by atoms with Crippen molar-refractivity contribution in [3.05, 3.63) is 35.4 Å². The molecule has 1 atom stereocenters. The molecule has 6 heteroatoms. The minimum absolute atomic E-state index is 0.157. The number of hydrogen-bond acceptors (Lipinski definition) is 2. The lowest BCUT2D eigenvalue weighted by Gasteiger charge is -2.16. The van der Waals surface area contributed by atoms with E-state index in [0.29, 0.717) is 18.0 Å². The predicted molar refractivity (Wildman–Crippen MR) is 75.6 cm³/mol. The summed E-state index contributed by atoms with van der Waals surface area (Å²) in [5.41, 5.74) is -0.188. The average molecular weight is 302 g/mol. The van der Waals surface area contributed by atoms with Crippen molar-refractivity contribution in [3.8, 4) is 0 Å². The molecule has 1 aromatic carbocycles. The van der Waals surface area contributed by atoms with Gasteiger partial charge in [-0.2, -0.15) is 13.2 Å². The maximum atomic E-state index is 12.6. The van der Waals surface area contributed by atoms with Crippen LogP contribution in [-0.2, 0) is 17.5 Å². The lowest BCUT2D eigenvalue weighted by molar-refractivity contribution is -0.137. The van der Waals surface area contributed by atoms with Gasteiger partial charge in [0.15, 0.2) is 0 Å². The van der Waals surface area contributed by atoms with Crippen LogP contribution in [-0.4, -0.2) is 18.5 Å². The maximum Gasteiger partial charge on any atom is 0.416 e. The molecule has 0 heterocycles. The second kappa shape index (κ2) is 7.45. The van der Waals surface area contributed by atoms with Gasteiger partial charge in [-0.1, -0.05) is 32.0 Å². The van der Waals surface area contributed by atoms with Gasteiger partial charge >= 0.3 is 6.18 Å². The Hall–Kier alpha value is -1.56. The van der Waals surface area contributed by atoms with Crippen molar-refractivity contribution in [1.82, 2.24) is 10.6 Å². The lowest BCUT2D eigenvalue weighted by atomic mass is 10.1. The molecular formula is C15H21F3N2O. The van der Waals surface area contributed by atoms with Crippen LogP contribution < -0.4 is 10.6 Å². The smallest absolute Gasteiger partial charge is 0.354 e. The molecule has 3 nitrogen and oxygen atoms in total. The van der Waals surface area contributed by atoms with E-state index in [4.69, 9.17) is 0 Å². The Kier molecular flexibility index (Phi) is 6.20. The fourth-order valence-electron chi connectivity index (χ4n) is 1.68. The van der Waals surface area contributed by atoms with Crippen molar-refractivity contribution >= 4 is 5.91 Å². The Balaban J connectivity index is 2.53. The number of alkyl halides is 3. The third-order valence-corrected chi connectivity index (χ3v) is 2.94. The molecule has 0 saturated heterocycles. The fourth-order valence-corrected chi connectivity index (χ4v) is 1.68. The first-order valence-corrected chi connectivity index (χ1v) is 6.87. The van der Waals surface area contributed by atoms with Crippen LogP contribution in [0, 0.1) is 5.92 Å². The second-order valence-corrected chi connectivity index (χ2v) is 5.44. The molecule has 21 heavy (non-hydrogen) atoms. The SMILES string of the molecule is CC(C)CNC(=O)C(C)NCc1cccc(C(F)(F)F)c1. The van der Waals surface area contributed by atoms with Crippen molar-refractivity contribution < 1.29 is 18.0 Å². The van der Waals surface area contributed by atoms with Crippen LogP contribution in [0.1, 0.15) is 31.9 Å². The van der Waals surface area contributed by atoms with E-state index in [1.807, 2.05) is 13.8 Å². The molecule has 0 bridgehead atoms. The van der Waals surface area contributed by atoms with Gasteiger partial charge in [-0.3, -0.25) is 4.79 Å². The Morgan fingerprint density at radius 3 is 2.48 bits per heavy atom. The number of hydrogen-bond donors (Lipinski definition) is 2. The minimum atomic E-state index is -4.35.